The van der Waals surface area contributed by atoms with Gasteiger partial charge in [0, 0.05) is 12.3 Å². The van der Waals surface area contributed by atoms with E-state index in [4.69, 9.17) is 33.1 Å². The summed E-state index contributed by atoms with van der Waals surface area (Å²) in [6.07, 6.45) is 1.10. The summed E-state index contributed by atoms with van der Waals surface area (Å²) in [5, 5.41) is 24.9. The van der Waals surface area contributed by atoms with E-state index in [9.17, 15) is 24.0 Å². The second kappa shape index (κ2) is 17.3. The number of carboxylic acid groups (broad SMARTS) is 2. The highest BCUT2D eigenvalue weighted by Crippen LogP contribution is 2.05. The Kier molecular flexibility index (Phi) is 15.8. The normalized spacial score (nSPS) is 14.0. The van der Waals surface area contributed by atoms with Crippen molar-refractivity contribution < 1.29 is 34.2 Å². The van der Waals surface area contributed by atoms with Gasteiger partial charge in [0.15, 0.2) is 5.96 Å². The van der Waals surface area contributed by atoms with Crippen molar-refractivity contribution >= 4 is 48.2 Å². The highest BCUT2D eigenvalue weighted by atomic mass is 32.1. The molecule has 0 radical (unpaired) electrons. The zero-order chi connectivity index (χ0) is 27.0. The average molecular weight is 521 g/mol. The maximum absolute atomic E-state index is 12.8. The molecule has 0 aromatic rings. The van der Waals surface area contributed by atoms with Crippen molar-refractivity contribution in [1.82, 2.24) is 16.0 Å². The van der Waals surface area contributed by atoms with Gasteiger partial charge in [0.25, 0.3) is 0 Å². The van der Waals surface area contributed by atoms with Crippen molar-refractivity contribution in [2.24, 2.45) is 27.9 Å². The van der Waals surface area contributed by atoms with Gasteiger partial charge in [-0.1, -0.05) is 0 Å². The zero-order valence-corrected chi connectivity index (χ0v) is 20.2. The summed E-state index contributed by atoms with van der Waals surface area (Å²) in [6, 6.07) is -4.98. The fourth-order valence-electron chi connectivity index (χ4n) is 2.80. The van der Waals surface area contributed by atoms with E-state index in [1.54, 1.807) is 0 Å². The van der Waals surface area contributed by atoms with Gasteiger partial charge in [-0.05, 0) is 38.6 Å². The van der Waals surface area contributed by atoms with Crippen molar-refractivity contribution in [1.29, 1.82) is 0 Å². The number of aliphatic carboxylic acids is 2. The minimum absolute atomic E-state index is 0.0833. The molecule has 0 aliphatic rings. The summed E-state index contributed by atoms with van der Waals surface area (Å²) >= 11 is 4.00. The van der Waals surface area contributed by atoms with E-state index in [0.717, 1.165) is 0 Å². The minimum Gasteiger partial charge on any atom is -0.481 e. The molecule has 4 unspecified atom stereocenters. The molecule has 0 aromatic heterocycles. The smallest absolute Gasteiger partial charge is 0.326 e. The van der Waals surface area contributed by atoms with Crippen LogP contribution in [0.3, 0.4) is 0 Å². The van der Waals surface area contributed by atoms with Crippen molar-refractivity contribution in [2.45, 2.75) is 62.7 Å². The molecule has 15 nitrogen and oxygen atoms in total. The number of nitrogens with one attached hydrogen (secondary N) is 3. The first kappa shape index (κ1) is 31.9. The van der Waals surface area contributed by atoms with Crippen LogP contribution in [0.5, 0.6) is 0 Å². The molecule has 0 aromatic carbocycles. The van der Waals surface area contributed by atoms with E-state index in [1.165, 1.54) is 0 Å². The number of aliphatic imine (C=N–C) groups is 1. The van der Waals surface area contributed by atoms with E-state index in [1.807, 2.05) is 0 Å². The Balaban J connectivity index is 5.20. The molecule has 0 saturated heterocycles. The molecule has 0 heterocycles. The summed E-state index contributed by atoms with van der Waals surface area (Å²) in [4.78, 5) is 63.6. The maximum Gasteiger partial charge on any atom is 0.326 e. The highest BCUT2D eigenvalue weighted by molar-refractivity contribution is 7.80. The first-order valence-electron chi connectivity index (χ1n) is 10.9. The second-order valence-electron chi connectivity index (χ2n) is 7.64. The quantitative estimate of drug-likeness (QED) is 0.0365. The third-order valence-electron chi connectivity index (χ3n) is 4.69. The molecule has 0 spiro atoms. The number of hydrogen-bond donors (Lipinski definition) is 10. The molecule has 200 valence electrons. The fourth-order valence-corrected chi connectivity index (χ4v) is 3.06. The van der Waals surface area contributed by atoms with Gasteiger partial charge in [-0.25, -0.2) is 4.79 Å². The van der Waals surface area contributed by atoms with Gasteiger partial charge < -0.3 is 49.1 Å². The Labute approximate surface area is 208 Å². The number of carbonyl (C=O) groups excluding carboxylic acids is 3. The molecule has 0 rings (SSSR count). The van der Waals surface area contributed by atoms with Gasteiger partial charge in [-0.3, -0.25) is 24.2 Å². The van der Waals surface area contributed by atoms with Crippen LogP contribution in [0.25, 0.3) is 0 Å². The molecule has 16 heteroatoms. The van der Waals surface area contributed by atoms with Gasteiger partial charge in [-0.2, -0.15) is 12.6 Å². The Morgan fingerprint density at radius 1 is 0.829 bits per heavy atom. The Hall–Kier alpha value is -3.11. The number of nitrogens with zero attached hydrogens (tertiary/aromatic N) is 1. The number of amides is 3. The second-order valence-corrected chi connectivity index (χ2v) is 8.01. The van der Waals surface area contributed by atoms with Crippen molar-refractivity contribution in [3.8, 4) is 0 Å². The lowest BCUT2D eigenvalue weighted by molar-refractivity contribution is -0.147. The lowest BCUT2D eigenvalue weighted by Crippen LogP contribution is -2.57. The molecule has 0 bridgehead atoms. The van der Waals surface area contributed by atoms with Crippen LogP contribution in [-0.2, 0) is 24.0 Å². The van der Waals surface area contributed by atoms with Crippen LogP contribution in [-0.4, -0.2) is 88.8 Å². The number of nitrogens with two attached hydrogens (primary N) is 4. The minimum atomic E-state index is -1.70. The van der Waals surface area contributed by atoms with Crippen LogP contribution in [0, 0.1) is 0 Å². The topological polar surface area (TPSA) is 278 Å². The summed E-state index contributed by atoms with van der Waals surface area (Å²) in [7, 11) is 0. The van der Waals surface area contributed by atoms with Crippen LogP contribution >= 0.6 is 12.6 Å². The van der Waals surface area contributed by atoms with Crippen LogP contribution in [0.2, 0.25) is 0 Å². The Morgan fingerprint density at radius 3 is 1.91 bits per heavy atom. The number of carboxylic acids is 2. The highest BCUT2D eigenvalue weighted by Gasteiger charge is 2.30. The van der Waals surface area contributed by atoms with Gasteiger partial charge in [0.2, 0.25) is 17.7 Å². The van der Waals surface area contributed by atoms with Crippen molar-refractivity contribution in [3.63, 3.8) is 0 Å². The lowest BCUT2D eigenvalue weighted by atomic mass is 10.1. The number of unbranched alkanes of at least 4 members (excludes halogenated alkanes) is 1. The molecule has 0 aliphatic heterocycles. The van der Waals surface area contributed by atoms with Crippen LogP contribution in [0.4, 0.5) is 0 Å². The maximum atomic E-state index is 12.8. The monoisotopic (exact) mass is 520 g/mol. The third kappa shape index (κ3) is 14.0. The van der Waals surface area contributed by atoms with Gasteiger partial charge in [-0.15, -0.1) is 0 Å². The fraction of sp³-hybridized carbons (Fsp3) is 0.684. The molecule has 4 atom stereocenters. The molecule has 3 amide bonds. The molecular weight excluding hydrogens is 484 g/mol. The van der Waals surface area contributed by atoms with Crippen molar-refractivity contribution in [2.75, 3.05) is 18.8 Å². The first-order valence-corrected chi connectivity index (χ1v) is 11.5. The molecule has 0 fully saturated rings. The SMILES string of the molecule is NCCCCC(NC(=O)C(N)CCCN=C(N)N)C(=O)NC(CS)C(=O)NC(CC(=O)O)C(=O)O. The lowest BCUT2D eigenvalue weighted by Gasteiger charge is -2.24. The summed E-state index contributed by atoms with van der Waals surface area (Å²) in [5.41, 5.74) is 21.8. The zero-order valence-electron chi connectivity index (χ0n) is 19.3. The van der Waals surface area contributed by atoms with Crippen LogP contribution < -0.4 is 38.9 Å². The molecule has 0 aliphatic carbocycles. The molecule has 0 saturated carbocycles. The summed E-state index contributed by atoms with van der Waals surface area (Å²) in [6.45, 7) is 0.649. The van der Waals surface area contributed by atoms with E-state index in [0.29, 0.717) is 25.8 Å². The molecule has 35 heavy (non-hydrogen) atoms. The largest absolute Gasteiger partial charge is 0.481 e. The van der Waals surface area contributed by atoms with Crippen LogP contribution in [0.1, 0.15) is 38.5 Å². The third-order valence-corrected chi connectivity index (χ3v) is 5.06. The summed E-state index contributed by atoms with van der Waals surface area (Å²) < 4.78 is 0. The number of rotatable bonds is 18. The van der Waals surface area contributed by atoms with E-state index >= 15 is 0 Å². The van der Waals surface area contributed by atoms with Crippen molar-refractivity contribution in [3.05, 3.63) is 0 Å². The van der Waals surface area contributed by atoms with Crippen LogP contribution in [0.15, 0.2) is 4.99 Å². The standard InChI is InChI=1S/C19H36N8O7S/c20-6-2-1-5-11(25-15(30)10(21)4-3-7-24-19(22)23)16(31)27-13(9-35)17(32)26-12(18(33)34)8-14(28)29/h10-13,35H,1-9,20-21H2,(H,25,30)(H,26,32)(H,27,31)(H,28,29)(H,33,34)(H4,22,23,24). The number of hydrogen-bond acceptors (Lipinski definition) is 9. The Morgan fingerprint density at radius 2 is 1.40 bits per heavy atom. The van der Waals surface area contributed by atoms with E-state index in [-0.39, 0.29) is 31.1 Å². The number of guanidine groups is 1. The van der Waals surface area contributed by atoms with Gasteiger partial charge in [0.1, 0.15) is 18.1 Å². The van der Waals surface area contributed by atoms with Gasteiger partial charge >= 0.3 is 11.9 Å². The first-order chi connectivity index (χ1) is 16.4. The van der Waals surface area contributed by atoms with E-state index < -0.39 is 60.2 Å². The number of thiol groups is 1. The Bertz CT molecular complexity index is 763. The average Bonchev–Trinajstić information content (AvgIpc) is 2.78. The predicted molar refractivity (Wildman–Crippen MR) is 130 cm³/mol. The number of carbonyl (C=O) groups is 5. The summed E-state index contributed by atoms with van der Waals surface area (Å²) in [5.74, 6) is -5.54. The molecular formula is C19H36N8O7S. The molecule has 13 N–H and O–H groups in total. The predicted octanol–water partition coefficient (Wildman–Crippen LogP) is -3.56. The van der Waals surface area contributed by atoms with E-state index in [2.05, 4.69) is 33.6 Å². The van der Waals surface area contributed by atoms with Gasteiger partial charge in [0.05, 0.1) is 12.5 Å².